The summed E-state index contributed by atoms with van der Waals surface area (Å²) in [6.45, 7) is 7.35. The van der Waals surface area contributed by atoms with Crippen molar-refractivity contribution >= 4 is 5.82 Å². The van der Waals surface area contributed by atoms with Gasteiger partial charge >= 0.3 is 0 Å². The Labute approximate surface area is 154 Å². The van der Waals surface area contributed by atoms with E-state index in [0.29, 0.717) is 19.0 Å². The molecule has 0 spiro atoms. The predicted octanol–water partition coefficient (Wildman–Crippen LogP) is 4.35. The van der Waals surface area contributed by atoms with Crippen molar-refractivity contribution in [2.45, 2.75) is 26.9 Å². The van der Waals surface area contributed by atoms with Gasteiger partial charge in [0, 0.05) is 42.4 Å². The van der Waals surface area contributed by atoms with E-state index in [1.54, 1.807) is 12.4 Å². The van der Waals surface area contributed by atoms with Gasteiger partial charge in [-0.1, -0.05) is 30.3 Å². The van der Waals surface area contributed by atoms with Crippen LogP contribution in [0.5, 0.6) is 0 Å². The van der Waals surface area contributed by atoms with Crippen LogP contribution in [0.1, 0.15) is 29.8 Å². The molecule has 0 aliphatic heterocycles. The van der Waals surface area contributed by atoms with Crippen LogP contribution in [0.3, 0.4) is 0 Å². The van der Waals surface area contributed by atoms with Gasteiger partial charge in [0.2, 0.25) is 0 Å². The molecule has 2 aromatic heterocycles. The molecule has 1 N–H and O–H groups in total. The number of benzene rings is 1. The van der Waals surface area contributed by atoms with Crippen LogP contribution in [-0.2, 0) is 4.74 Å². The van der Waals surface area contributed by atoms with E-state index in [-0.39, 0.29) is 6.10 Å². The normalized spacial score (nSPS) is 12.0. The number of ether oxygens (including phenoxy) is 1. The first-order valence-corrected chi connectivity index (χ1v) is 8.85. The fourth-order valence-corrected chi connectivity index (χ4v) is 2.76. The minimum absolute atomic E-state index is 0.0275. The number of nitrogens with zero attached hydrogens (tertiary/aromatic N) is 3. The molecule has 0 amide bonds. The van der Waals surface area contributed by atoms with Crippen LogP contribution in [0.4, 0.5) is 5.82 Å². The number of rotatable bonds is 7. The summed E-state index contributed by atoms with van der Waals surface area (Å²) in [5, 5.41) is 3.46. The Bertz CT molecular complexity index is 837. The zero-order chi connectivity index (χ0) is 18.4. The van der Waals surface area contributed by atoms with Gasteiger partial charge in [0.15, 0.2) is 5.82 Å². The molecule has 2 heterocycles. The summed E-state index contributed by atoms with van der Waals surface area (Å²) in [4.78, 5) is 13.4. The van der Waals surface area contributed by atoms with E-state index in [2.05, 4.69) is 27.4 Å². The number of aryl methyl sites for hydroxylation is 1. The maximum absolute atomic E-state index is 5.92. The molecule has 5 heteroatoms. The Hall–Kier alpha value is -2.79. The highest BCUT2D eigenvalue weighted by molar-refractivity contribution is 5.59. The number of pyridine rings is 1. The van der Waals surface area contributed by atoms with Gasteiger partial charge in [-0.15, -0.1) is 0 Å². The van der Waals surface area contributed by atoms with Crippen LogP contribution >= 0.6 is 0 Å². The second kappa shape index (κ2) is 8.54. The van der Waals surface area contributed by atoms with Gasteiger partial charge < -0.3 is 10.1 Å². The molecule has 26 heavy (non-hydrogen) atoms. The van der Waals surface area contributed by atoms with Crippen molar-refractivity contribution in [1.82, 2.24) is 15.0 Å². The molecule has 1 aromatic carbocycles. The van der Waals surface area contributed by atoms with Crippen LogP contribution in [-0.4, -0.2) is 28.1 Å². The lowest BCUT2D eigenvalue weighted by atomic mass is 10.1. The summed E-state index contributed by atoms with van der Waals surface area (Å²) < 4.78 is 5.92. The molecule has 0 aliphatic carbocycles. The highest BCUT2D eigenvalue weighted by atomic mass is 16.5. The van der Waals surface area contributed by atoms with E-state index >= 15 is 0 Å². The van der Waals surface area contributed by atoms with Crippen molar-refractivity contribution in [3.05, 3.63) is 71.7 Å². The van der Waals surface area contributed by atoms with Gasteiger partial charge in [0.05, 0.1) is 6.10 Å². The fraction of sp³-hybridized carbons (Fsp3) is 0.286. The fourth-order valence-electron chi connectivity index (χ4n) is 2.76. The van der Waals surface area contributed by atoms with Crippen LogP contribution in [0.2, 0.25) is 0 Å². The molecule has 1 unspecified atom stereocenters. The standard InChI is InChI=1S/C21H24N4O/c1-4-26-19(17-8-6-5-7-9-17)14-23-20-15(2)16(3)24-21(25-20)18-10-12-22-13-11-18/h5-13,19H,4,14H2,1-3H3,(H,23,24,25). The average molecular weight is 348 g/mol. The highest BCUT2D eigenvalue weighted by Crippen LogP contribution is 2.23. The topological polar surface area (TPSA) is 59.9 Å². The largest absolute Gasteiger partial charge is 0.372 e. The summed E-state index contributed by atoms with van der Waals surface area (Å²) in [6, 6.07) is 14.1. The molecule has 0 radical (unpaired) electrons. The smallest absolute Gasteiger partial charge is 0.161 e. The Morgan fingerprint density at radius 2 is 1.73 bits per heavy atom. The third kappa shape index (κ3) is 4.24. The van der Waals surface area contributed by atoms with Gasteiger partial charge in [0.25, 0.3) is 0 Å². The second-order valence-corrected chi connectivity index (χ2v) is 6.08. The van der Waals surface area contributed by atoms with E-state index < -0.39 is 0 Å². The molecule has 0 saturated carbocycles. The minimum atomic E-state index is -0.0275. The molecule has 0 aliphatic rings. The quantitative estimate of drug-likeness (QED) is 0.688. The maximum atomic E-state index is 5.92. The lowest BCUT2D eigenvalue weighted by molar-refractivity contribution is 0.0718. The molecule has 5 nitrogen and oxygen atoms in total. The van der Waals surface area contributed by atoms with Crippen LogP contribution in [0.15, 0.2) is 54.9 Å². The van der Waals surface area contributed by atoms with Crippen molar-refractivity contribution in [3.63, 3.8) is 0 Å². The van der Waals surface area contributed by atoms with Crippen molar-refractivity contribution < 1.29 is 4.74 Å². The molecule has 134 valence electrons. The van der Waals surface area contributed by atoms with E-state index in [9.17, 15) is 0 Å². The van der Waals surface area contributed by atoms with Gasteiger partial charge in [-0.25, -0.2) is 9.97 Å². The zero-order valence-corrected chi connectivity index (χ0v) is 15.4. The van der Waals surface area contributed by atoms with Crippen molar-refractivity contribution in [3.8, 4) is 11.4 Å². The predicted molar refractivity (Wildman–Crippen MR) is 104 cm³/mol. The van der Waals surface area contributed by atoms with Crippen molar-refractivity contribution in [2.24, 2.45) is 0 Å². The molecule has 0 fully saturated rings. The number of aromatic nitrogens is 3. The maximum Gasteiger partial charge on any atom is 0.161 e. The van der Waals surface area contributed by atoms with Gasteiger partial charge in [0.1, 0.15) is 5.82 Å². The first-order valence-electron chi connectivity index (χ1n) is 8.85. The Balaban J connectivity index is 1.83. The van der Waals surface area contributed by atoms with E-state index in [1.165, 1.54) is 0 Å². The lowest BCUT2D eigenvalue weighted by Gasteiger charge is -2.20. The van der Waals surface area contributed by atoms with Gasteiger partial charge in [-0.3, -0.25) is 4.98 Å². The summed E-state index contributed by atoms with van der Waals surface area (Å²) >= 11 is 0. The van der Waals surface area contributed by atoms with E-state index in [0.717, 1.165) is 28.2 Å². The number of anilines is 1. The SMILES string of the molecule is CCOC(CNc1nc(-c2ccncc2)nc(C)c1C)c1ccccc1. The molecule has 0 bridgehead atoms. The van der Waals surface area contributed by atoms with Crippen molar-refractivity contribution in [2.75, 3.05) is 18.5 Å². The molecular formula is C21H24N4O. The number of nitrogens with one attached hydrogen (secondary N) is 1. The van der Waals surface area contributed by atoms with Gasteiger partial charge in [-0.05, 0) is 38.5 Å². The summed E-state index contributed by atoms with van der Waals surface area (Å²) in [5.74, 6) is 1.54. The highest BCUT2D eigenvalue weighted by Gasteiger charge is 2.14. The van der Waals surface area contributed by atoms with Crippen LogP contribution in [0, 0.1) is 13.8 Å². The van der Waals surface area contributed by atoms with E-state index in [1.807, 2.05) is 51.1 Å². The second-order valence-electron chi connectivity index (χ2n) is 6.08. The van der Waals surface area contributed by atoms with Gasteiger partial charge in [-0.2, -0.15) is 0 Å². The molecule has 3 rings (SSSR count). The molecule has 0 saturated heterocycles. The third-order valence-corrected chi connectivity index (χ3v) is 4.32. The summed E-state index contributed by atoms with van der Waals surface area (Å²) in [5.41, 5.74) is 4.11. The summed E-state index contributed by atoms with van der Waals surface area (Å²) in [7, 11) is 0. The summed E-state index contributed by atoms with van der Waals surface area (Å²) in [6.07, 6.45) is 3.48. The number of hydrogen-bond acceptors (Lipinski definition) is 5. The van der Waals surface area contributed by atoms with E-state index in [4.69, 9.17) is 9.72 Å². The first kappa shape index (κ1) is 18.0. The number of hydrogen-bond donors (Lipinski definition) is 1. The molecular weight excluding hydrogens is 324 g/mol. The zero-order valence-electron chi connectivity index (χ0n) is 15.4. The lowest BCUT2D eigenvalue weighted by Crippen LogP contribution is -2.17. The van der Waals surface area contributed by atoms with Crippen molar-refractivity contribution in [1.29, 1.82) is 0 Å². The first-order chi connectivity index (χ1) is 12.7. The third-order valence-electron chi connectivity index (χ3n) is 4.32. The molecule has 1 atom stereocenters. The average Bonchev–Trinajstić information content (AvgIpc) is 2.69. The minimum Gasteiger partial charge on any atom is -0.372 e. The molecule has 3 aromatic rings. The Kier molecular flexibility index (Phi) is 5.92. The monoisotopic (exact) mass is 348 g/mol. The Morgan fingerprint density at radius 3 is 2.42 bits per heavy atom. The Morgan fingerprint density at radius 1 is 1.00 bits per heavy atom. The van der Waals surface area contributed by atoms with Crippen LogP contribution in [0.25, 0.3) is 11.4 Å². The van der Waals surface area contributed by atoms with Crippen LogP contribution < -0.4 is 5.32 Å².